The van der Waals surface area contributed by atoms with Crippen LogP contribution in [0.3, 0.4) is 0 Å². The molecule has 180 valence electrons. The first-order valence-electron chi connectivity index (χ1n) is 12.2. The lowest BCUT2D eigenvalue weighted by atomic mass is 9.57. The average Bonchev–Trinajstić information content (AvgIpc) is 3.11. The Morgan fingerprint density at radius 1 is 1.00 bits per heavy atom. The maximum absolute atomic E-state index is 11.8. The van der Waals surface area contributed by atoms with Crippen LogP contribution in [0.1, 0.15) is 105 Å². The Kier molecular flexibility index (Phi) is 5.50. The number of allylic oxidation sites excluding steroid dienone is 1. The molecule has 0 bridgehead atoms. The van der Waals surface area contributed by atoms with Crippen LogP contribution in [0.4, 0.5) is 0 Å². The summed E-state index contributed by atoms with van der Waals surface area (Å²) >= 11 is 0. The van der Waals surface area contributed by atoms with Crippen LogP contribution in [-0.2, 0) is 0 Å². The Labute approximate surface area is 196 Å². The Balaban J connectivity index is 1.96. The van der Waals surface area contributed by atoms with E-state index in [9.17, 15) is 24.9 Å². The van der Waals surface area contributed by atoms with Crippen molar-refractivity contribution in [2.75, 3.05) is 0 Å². The molecule has 5 heteroatoms. The molecule has 5 nitrogen and oxygen atoms in total. The highest BCUT2D eigenvalue weighted by Crippen LogP contribution is 2.80. The van der Waals surface area contributed by atoms with Crippen molar-refractivity contribution >= 4 is 12.6 Å². The van der Waals surface area contributed by atoms with E-state index in [0.717, 1.165) is 32.1 Å². The third-order valence-corrected chi connectivity index (χ3v) is 9.94. The molecule has 3 fully saturated rings. The number of hydrogen-bond donors (Lipinski definition) is 3. The number of carbonyl (C=O) groups is 2. The fourth-order valence-corrected chi connectivity index (χ4v) is 8.01. The van der Waals surface area contributed by atoms with Gasteiger partial charge in [0.25, 0.3) is 0 Å². The van der Waals surface area contributed by atoms with Crippen molar-refractivity contribution in [1.82, 2.24) is 0 Å². The topological polar surface area (TPSA) is 94.8 Å². The molecule has 3 saturated carbocycles. The van der Waals surface area contributed by atoms with E-state index >= 15 is 0 Å². The molecule has 3 N–H and O–H groups in total. The van der Waals surface area contributed by atoms with Crippen LogP contribution in [0.15, 0.2) is 12.2 Å². The molecule has 1 aromatic carbocycles. The van der Waals surface area contributed by atoms with Crippen molar-refractivity contribution in [3.63, 3.8) is 0 Å². The van der Waals surface area contributed by atoms with Crippen molar-refractivity contribution in [2.24, 2.45) is 34.0 Å². The van der Waals surface area contributed by atoms with Gasteiger partial charge < -0.3 is 15.3 Å². The quantitative estimate of drug-likeness (QED) is 0.343. The van der Waals surface area contributed by atoms with Crippen molar-refractivity contribution in [2.45, 2.75) is 79.1 Å². The predicted molar refractivity (Wildman–Crippen MR) is 128 cm³/mol. The van der Waals surface area contributed by atoms with E-state index in [2.05, 4.69) is 41.2 Å². The third kappa shape index (κ3) is 3.18. The van der Waals surface area contributed by atoms with Gasteiger partial charge in [0.1, 0.15) is 17.2 Å². The fraction of sp³-hybridized carbons (Fsp3) is 0.643. The lowest BCUT2D eigenvalue weighted by Gasteiger charge is -2.46. The lowest BCUT2D eigenvalue weighted by Crippen LogP contribution is -2.39. The van der Waals surface area contributed by atoms with Gasteiger partial charge in [-0.15, -0.1) is 0 Å². The molecule has 33 heavy (non-hydrogen) atoms. The van der Waals surface area contributed by atoms with Crippen LogP contribution in [0, 0.1) is 34.0 Å². The first-order valence-corrected chi connectivity index (χ1v) is 12.2. The molecule has 3 aliphatic rings. The summed E-state index contributed by atoms with van der Waals surface area (Å²) in [6.45, 7) is 15.7. The van der Waals surface area contributed by atoms with Gasteiger partial charge in [-0.25, -0.2) is 0 Å². The van der Waals surface area contributed by atoms with Crippen LogP contribution >= 0.6 is 0 Å². The minimum atomic E-state index is -0.666. The summed E-state index contributed by atoms with van der Waals surface area (Å²) in [7, 11) is 0. The maximum atomic E-state index is 11.8. The number of benzene rings is 1. The van der Waals surface area contributed by atoms with Gasteiger partial charge >= 0.3 is 0 Å². The first kappa shape index (κ1) is 23.8. The summed E-state index contributed by atoms with van der Waals surface area (Å²) in [5.41, 5.74) is 0.998. The highest BCUT2D eigenvalue weighted by atomic mass is 16.3. The highest BCUT2D eigenvalue weighted by molar-refractivity contribution is 5.95. The first-order chi connectivity index (χ1) is 15.4. The summed E-state index contributed by atoms with van der Waals surface area (Å²) in [4.78, 5) is 23.5. The normalized spacial score (nSPS) is 36.1. The molecule has 4 rings (SSSR count). The van der Waals surface area contributed by atoms with Crippen LogP contribution in [0.5, 0.6) is 17.2 Å². The number of phenols is 3. The molecule has 0 aliphatic heterocycles. The van der Waals surface area contributed by atoms with Gasteiger partial charge in [0.2, 0.25) is 0 Å². The van der Waals surface area contributed by atoms with Crippen LogP contribution < -0.4 is 0 Å². The number of phenolic OH excluding ortho intramolecular Hbond substituents is 3. The summed E-state index contributed by atoms with van der Waals surface area (Å²) in [6.07, 6.45) is 6.67. The van der Waals surface area contributed by atoms with Crippen LogP contribution in [-0.4, -0.2) is 27.9 Å². The molecule has 1 aromatic rings. The molecule has 0 radical (unpaired) electrons. The zero-order valence-electron chi connectivity index (χ0n) is 20.6. The second-order valence-corrected chi connectivity index (χ2v) is 12.1. The molecule has 1 unspecified atom stereocenters. The van der Waals surface area contributed by atoms with Gasteiger partial charge in [-0.1, -0.05) is 46.8 Å². The molecular weight excluding hydrogens is 416 g/mol. The Morgan fingerprint density at radius 3 is 2.09 bits per heavy atom. The fourth-order valence-electron chi connectivity index (χ4n) is 8.01. The Hall–Kier alpha value is -2.30. The molecule has 0 heterocycles. The number of hydrogen-bond acceptors (Lipinski definition) is 5. The van der Waals surface area contributed by atoms with Gasteiger partial charge in [-0.3, -0.25) is 9.59 Å². The molecular formula is C28H38O5. The molecule has 0 saturated heterocycles. The van der Waals surface area contributed by atoms with Crippen molar-refractivity contribution in [3.05, 3.63) is 28.8 Å². The number of aromatic hydroxyl groups is 3. The third-order valence-electron chi connectivity index (χ3n) is 9.94. The molecule has 0 amide bonds. The van der Waals surface area contributed by atoms with Gasteiger partial charge in [-0.2, -0.15) is 0 Å². The molecule has 0 aromatic heterocycles. The SMILES string of the molecule is C=C1CC[C@@]2(C)C[C@@]2(C)[C@H]2[C@H]1CC[C@]2(C)C(CC(C)C)c1c(O)c(C=O)c(O)c(C=O)c1O. The standard InChI is InChI=1S/C28H38O5/c1-15(2)11-20(21-23(32)18(12-29)22(31)19(13-30)24(21)33)27(5)10-8-17-16(3)7-9-26(4)14-28(26,6)25(17)27/h12-13,15,17,20,25,31-33H,3,7-11,14H2,1-2,4-6H3/t17-,20?,25-,26-,27+,28-/m0/s1. The Morgan fingerprint density at radius 2 is 1.58 bits per heavy atom. The lowest BCUT2D eigenvalue weighted by molar-refractivity contribution is 0.0655. The highest BCUT2D eigenvalue weighted by Gasteiger charge is 2.72. The summed E-state index contributed by atoms with van der Waals surface area (Å²) in [6, 6.07) is 0. The van der Waals surface area contributed by atoms with E-state index in [-0.39, 0.29) is 44.8 Å². The average molecular weight is 455 g/mol. The van der Waals surface area contributed by atoms with Gasteiger partial charge in [-0.05, 0) is 78.4 Å². The van der Waals surface area contributed by atoms with Crippen molar-refractivity contribution in [3.8, 4) is 17.2 Å². The zero-order chi connectivity index (χ0) is 24.5. The van der Waals surface area contributed by atoms with Crippen LogP contribution in [0.2, 0.25) is 0 Å². The minimum Gasteiger partial charge on any atom is -0.507 e. The largest absolute Gasteiger partial charge is 0.507 e. The van der Waals surface area contributed by atoms with Gasteiger partial charge in [0.05, 0.1) is 11.1 Å². The zero-order valence-corrected chi connectivity index (χ0v) is 20.6. The van der Waals surface area contributed by atoms with Crippen LogP contribution in [0.25, 0.3) is 0 Å². The van der Waals surface area contributed by atoms with E-state index in [0.29, 0.717) is 30.8 Å². The summed E-state index contributed by atoms with van der Waals surface area (Å²) in [5.74, 6) is -0.796. The smallest absolute Gasteiger partial charge is 0.157 e. The summed E-state index contributed by atoms with van der Waals surface area (Å²) in [5, 5.41) is 32.6. The van der Waals surface area contributed by atoms with E-state index in [1.54, 1.807) is 0 Å². The summed E-state index contributed by atoms with van der Waals surface area (Å²) < 4.78 is 0. The molecule has 6 atom stereocenters. The van der Waals surface area contributed by atoms with E-state index < -0.39 is 17.2 Å². The van der Waals surface area contributed by atoms with Crippen molar-refractivity contribution < 1.29 is 24.9 Å². The number of fused-ring (bicyclic) bond motifs is 3. The number of rotatable bonds is 6. The number of carbonyl (C=O) groups excluding carboxylic acids is 2. The second-order valence-electron chi connectivity index (χ2n) is 12.1. The molecule has 0 spiro atoms. The molecule has 3 aliphatic carbocycles. The predicted octanol–water partition coefficient (Wildman–Crippen LogP) is 6.36. The van der Waals surface area contributed by atoms with E-state index in [4.69, 9.17) is 0 Å². The van der Waals surface area contributed by atoms with E-state index in [1.165, 1.54) is 5.57 Å². The Bertz CT molecular complexity index is 991. The van der Waals surface area contributed by atoms with Gasteiger partial charge in [0, 0.05) is 5.56 Å². The monoisotopic (exact) mass is 454 g/mol. The minimum absolute atomic E-state index is 0.140. The van der Waals surface area contributed by atoms with Gasteiger partial charge in [0.15, 0.2) is 12.6 Å². The van der Waals surface area contributed by atoms with Crippen molar-refractivity contribution in [1.29, 1.82) is 0 Å². The number of aldehydes is 2. The van der Waals surface area contributed by atoms with E-state index in [1.807, 2.05) is 0 Å². The second kappa shape index (κ2) is 7.61. The maximum Gasteiger partial charge on any atom is 0.157 e.